The molecule has 3 amide bonds. The first kappa shape index (κ1) is 29.9. The van der Waals surface area contributed by atoms with Crippen LogP contribution in [0, 0.1) is 11.8 Å². The first-order valence-electron chi connectivity index (χ1n) is 11.6. The molecule has 0 aromatic heterocycles. The fraction of sp³-hybridized carbons (Fsp3) is 0.583. The average molecular weight is 495 g/mol. The minimum atomic E-state index is -1.36. The molecule has 0 saturated heterocycles. The summed E-state index contributed by atoms with van der Waals surface area (Å²) in [4.78, 5) is 49.9. The zero-order chi connectivity index (χ0) is 26.9. The Morgan fingerprint density at radius 3 is 1.83 bits per heavy atom. The van der Waals surface area contributed by atoms with Gasteiger partial charge in [-0.3, -0.25) is 14.4 Å². The van der Waals surface area contributed by atoms with Crippen LogP contribution >= 0.6 is 0 Å². The number of nitrogens with one attached hydrogen (secondary N) is 3. The van der Waals surface area contributed by atoms with Gasteiger partial charge in [-0.1, -0.05) is 39.8 Å². The van der Waals surface area contributed by atoms with E-state index in [-0.39, 0.29) is 18.1 Å². The standard InChI is InChI=1S/C24H38N4O7/c1-12(2)10-17(25)21(31)28-20(14(5)29)23(33)27-19(13(3)4)22(32)26-18(24(34)35)11-15-6-8-16(30)9-7-15/h6-9,12-14,17-20,29-30H,10-11,25H2,1-5H3,(H,26,32)(H,27,33)(H,28,31)(H,34,35). The Morgan fingerprint density at radius 2 is 1.37 bits per heavy atom. The smallest absolute Gasteiger partial charge is 0.326 e. The number of phenolic OH excluding ortho intramolecular Hbond substituents is 1. The molecule has 0 radical (unpaired) electrons. The van der Waals surface area contributed by atoms with E-state index < -0.39 is 59.9 Å². The molecule has 0 heterocycles. The molecule has 11 nitrogen and oxygen atoms in total. The largest absolute Gasteiger partial charge is 0.508 e. The second kappa shape index (κ2) is 13.6. The monoisotopic (exact) mass is 494 g/mol. The molecule has 0 aliphatic rings. The van der Waals surface area contributed by atoms with Crippen molar-refractivity contribution < 1.29 is 34.5 Å². The lowest BCUT2D eigenvalue weighted by molar-refractivity contribution is -0.142. The lowest BCUT2D eigenvalue weighted by Crippen LogP contribution is -2.61. The maximum Gasteiger partial charge on any atom is 0.326 e. The second-order valence-electron chi connectivity index (χ2n) is 9.46. The minimum absolute atomic E-state index is 0.0252. The van der Waals surface area contributed by atoms with Crippen molar-refractivity contribution in [3.05, 3.63) is 29.8 Å². The highest BCUT2D eigenvalue weighted by Crippen LogP contribution is 2.12. The molecule has 8 N–H and O–H groups in total. The van der Waals surface area contributed by atoms with Gasteiger partial charge in [0.05, 0.1) is 12.1 Å². The molecule has 35 heavy (non-hydrogen) atoms. The molecule has 1 rings (SSSR count). The molecule has 0 aliphatic carbocycles. The van der Waals surface area contributed by atoms with E-state index in [9.17, 15) is 34.5 Å². The van der Waals surface area contributed by atoms with Crippen LogP contribution < -0.4 is 21.7 Å². The van der Waals surface area contributed by atoms with Crippen molar-refractivity contribution in [3.8, 4) is 5.75 Å². The van der Waals surface area contributed by atoms with E-state index in [1.165, 1.54) is 19.1 Å². The number of amides is 3. The number of aliphatic hydroxyl groups is 1. The number of carboxylic acid groups (broad SMARTS) is 1. The Balaban J connectivity index is 2.94. The summed E-state index contributed by atoms with van der Waals surface area (Å²) in [6.45, 7) is 8.43. The van der Waals surface area contributed by atoms with E-state index in [2.05, 4.69) is 16.0 Å². The molecular formula is C24H38N4O7. The quantitative estimate of drug-likeness (QED) is 0.197. The number of carboxylic acids is 1. The van der Waals surface area contributed by atoms with Gasteiger partial charge >= 0.3 is 5.97 Å². The van der Waals surface area contributed by atoms with Gasteiger partial charge in [-0.05, 0) is 42.9 Å². The SMILES string of the molecule is CC(C)CC(N)C(=O)NC(C(=O)NC(C(=O)NC(Cc1ccc(O)cc1)C(=O)O)C(C)C)C(C)O. The van der Waals surface area contributed by atoms with Crippen LogP contribution in [0.1, 0.15) is 46.6 Å². The minimum Gasteiger partial charge on any atom is -0.508 e. The highest BCUT2D eigenvalue weighted by Gasteiger charge is 2.33. The van der Waals surface area contributed by atoms with Crippen LogP contribution in [0.3, 0.4) is 0 Å². The van der Waals surface area contributed by atoms with Crippen molar-refractivity contribution >= 4 is 23.7 Å². The lowest BCUT2D eigenvalue weighted by atomic mass is 10.00. The zero-order valence-electron chi connectivity index (χ0n) is 20.8. The van der Waals surface area contributed by atoms with E-state index in [1.807, 2.05) is 13.8 Å². The molecule has 5 atom stereocenters. The summed E-state index contributed by atoms with van der Waals surface area (Å²) in [5, 5.41) is 36.4. The number of phenols is 1. The van der Waals surface area contributed by atoms with Gasteiger partial charge in [-0.2, -0.15) is 0 Å². The molecule has 0 bridgehead atoms. The zero-order valence-corrected chi connectivity index (χ0v) is 20.8. The summed E-state index contributed by atoms with van der Waals surface area (Å²) < 4.78 is 0. The van der Waals surface area contributed by atoms with Crippen molar-refractivity contribution in [2.24, 2.45) is 17.6 Å². The Morgan fingerprint density at radius 1 is 0.857 bits per heavy atom. The highest BCUT2D eigenvalue weighted by atomic mass is 16.4. The molecule has 0 fully saturated rings. The summed E-state index contributed by atoms with van der Waals surface area (Å²) in [5.41, 5.74) is 6.44. The van der Waals surface area contributed by atoms with Gasteiger partial charge in [0.15, 0.2) is 0 Å². The topological polar surface area (TPSA) is 191 Å². The van der Waals surface area contributed by atoms with Crippen LogP contribution in [-0.4, -0.2) is 69.3 Å². The van der Waals surface area contributed by atoms with E-state index in [0.717, 1.165) is 0 Å². The third-order valence-electron chi connectivity index (χ3n) is 5.36. The van der Waals surface area contributed by atoms with E-state index >= 15 is 0 Å². The summed E-state index contributed by atoms with van der Waals surface area (Å²) in [6.07, 6.45) is -0.934. The van der Waals surface area contributed by atoms with Crippen LogP contribution in [0.5, 0.6) is 5.75 Å². The summed E-state index contributed by atoms with van der Waals surface area (Å²) >= 11 is 0. The summed E-state index contributed by atoms with van der Waals surface area (Å²) in [6, 6.07) is 1.25. The Kier molecular flexibility index (Phi) is 11.6. The first-order chi connectivity index (χ1) is 16.2. The van der Waals surface area contributed by atoms with Crippen molar-refractivity contribution in [1.29, 1.82) is 0 Å². The van der Waals surface area contributed by atoms with Gasteiger partial charge in [0.1, 0.15) is 23.9 Å². The fourth-order valence-electron chi connectivity index (χ4n) is 3.39. The normalized spacial score (nSPS) is 15.6. The molecular weight excluding hydrogens is 456 g/mol. The lowest BCUT2D eigenvalue weighted by Gasteiger charge is -2.28. The second-order valence-corrected chi connectivity index (χ2v) is 9.46. The van der Waals surface area contributed by atoms with Gasteiger partial charge in [0.25, 0.3) is 0 Å². The van der Waals surface area contributed by atoms with Crippen LogP contribution in [0.4, 0.5) is 0 Å². The number of hydrogen-bond acceptors (Lipinski definition) is 7. The number of nitrogens with two attached hydrogens (primary N) is 1. The van der Waals surface area contributed by atoms with E-state index in [1.54, 1.807) is 26.0 Å². The van der Waals surface area contributed by atoms with Gasteiger partial charge in [-0.15, -0.1) is 0 Å². The maximum atomic E-state index is 12.9. The molecule has 5 unspecified atom stereocenters. The number of aliphatic carboxylic acids is 1. The van der Waals surface area contributed by atoms with Crippen molar-refractivity contribution in [3.63, 3.8) is 0 Å². The Bertz CT molecular complexity index is 871. The molecule has 1 aromatic carbocycles. The number of benzene rings is 1. The van der Waals surface area contributed by atoms with Crippen LogP contribution in [0.2, 0.25) is 0 Å². The van der Waals surface area contributed by atoms with Gasteiger partial charge < -0.3 is 37.0 Å². The molecule has 196 valence electrons. The van der Waals surface area contributed by atoms with Gasteiger partial charge in [0, 0.05) is 6.42 Å². The molecule has 1 aromatic rings. The number of carbonyl (C=O) groups excluding carboxylic acids is 3. The van der Waals surface area contributed by atoms with Crippen molar-refractivity contribution in [2.75, 3.05) is 0 Å². The van der Waals surface area contributed by atoms with Crippen LogP contribution in [0.15, 0.2) is 24.3 Å². The van der Waals surface area contributed by atoms with E-state index in [4.69, 9.17) is 5.73 Å². The van der Waals surface area contributed by atoms with Crippen LogP contribution in [0.25, 0.3) is 0 Å². The summed E-state index contributed by atoms with van der Waals surface area (Å²) in [7, 11) is 0. The molecule has 11 heteroatoms. The number of aliphatic hydroxyl groups excluding tert-OH is 1. The Hall–Kier alpha value is -3.18. The number of hydrogen-bond donors (Lipinski definition) is 7. The van der Waals surface area contributed by atoms with Gasteiger partial charge in [-0.25, -0.2) is 4.79 Å². The number of carbonyl (C=O) groups is 4. The molecule has 0 aliphatic heterocycles. The Labute approximate surface area is 205 Å². The average Bonchev–Trinajstić information content (AvgIpc) is 2.75. The third-order valence-corrected chi connectivity index (χ3v) is 5.36. The summed E-state index contributed by atoms with van der Waals surface area (Å²) in [5.74, 6) is -3.67. The predicted octanol–water partition coefficient (Wildman–Crippen LogP) is -0.116. The fourth-order valence-corrected chi connectivity index (χ4v) is 3.39. The van der Waals surface area contributed by atoms with Gasteiger partial charge in [0.2, 0.25) is 17.7 Å². The van der Waals surface area contributed by atoms with Crippen LogP contribution in [-0.2, 0) is 25.6 Å². The van der Waals surface area contributed by atoms with Crippen molar-refractivity contribution in [1.82, 2.24) is 16.0 Å². The van der Waals surface area contributed by atoms with Crippen molar-refractivity contribution in [2.45, 2.75) is 77.7 Å². The third kappa shape index (κ3) is 9.91. The predicted molar refractivity (Wildman–Crippen MR) is 129 cm³/mol. The number of aromatic hydroxyl groups is 1. The van der Waals surface area contributed by atoms with E-state index in [0.29, 0.717) is 12.0 Å². The maximum absolute atomic E-state index is 12.9. The highest BCUT2D eigenvalue weighted by molar-refractivity contribution is 5.94. The number of rotatable bonds is 13. The first-order valence-corrected chi connectivity index (χ1v) is 11.6. The molecule has 0 spiro atoms. The molecule has 0 saturated carbocycles.